The van der Waals surface area contributed by atoms with Gasteiger partial charge in [-0.15, -0.1) is 0 Å². The average Bonchev–Trinajstić information content (AvgIpc) is 2.55. The van der Waals surface area contributed by atoms with Crippen molar-refractivity contribution < 1.29 is 18.8 Å². The fourth-order valence-corrected chi connectivity index (χ4v) is 9.58. The van der Waals surface area contributed by atoms with Gasteiger partial charge in [0.1, 0.15) is 5.76 Å². The first-order valence-corrected chi connectivity index (χ1v) is 13.0. The Hall–Kier alpha value is -1.36. The molecule has 5 heteroatoms. The van der Waals surface area contributed by atoms with E-state index in [-0.39, 0.29) is 11.8 Å². The van der Waals surface area contributed by atoms with Crippen LogP contribution in [0.3, 0.4) is 0 Å². The van der Waals surface area contributed by atoms with Gasteiger partial charge in [0, 0.05) is 12.0 Å². The van der Waals surface area contributed by atoms with Crippen molar-refractivity contribution in [1.29, 1.82) is 0 Å². The number of hydrogen-bond acceptors (Lipinski definition) is 4. The third-order valence-electron chi connectivity index (χ3n) is 6.42. The maximum Gasteiger partial charge on any atom is 0.316 e. The molecule has 0 aromatic heterocycles. The van der Waals surface area contributed by atoms with E-state index in [4.69, 9.17) is 9.16 Å². The molecule has 0 amide bonds. The smallest absolute Gasteiger partial charge is 0.316 e. The van der Waals surface area contributed by atoms with Gasteiger partial charge in [0.2, 0.25) is 0 Å². The van der Waals surface area contributed by atoms with Gasteiger partial charge in [0.25, 0.3) is 8.32 Å². The second kappa shape index (κ2) is 8.79. The number of ether oxygens (including phenoxy) is 1. The number of ketones is 1. The zero-order chi connectivity index (χ0) is 22.9. The van der Waals surface area contributed by atoms with Crippen LogP contribution in [-0.4, -0.2) is 20.1 Å². The maximum atomic E-state index is 13.1. The molecule has 1 aliphatic carbocycles. The Labute approximate surface area is 179 Å². The minimum Gasteiger partial charge on any atom is -0.548 e. The van der Waals surface area contributed by atoms with E-state index in [1.807, 2.05) is 40.9 Å². The van der Waals surface area contributed by atoms with Gasteiger partial charge in [-0.1, -0.05) is 41.5 Å². The monoisotopic (exact) mass is 422 g/mol. The summed E-state index contributed by atoms with van der Waals surface area (Å²) < 4.78 is 12.3. The van der Waals surface area contributed by atoms with Crippen LogP contribution in [0.5, 0.6) is 0 Å². The molecule has 1 aliphatic rings. The number of hydrogen-bond donors (Lipinski definition) is 0. The standard InChI is InChI=1S/C24H42O4Si/c1-15(2)29(16(3)4,17(5)6)27-14-19-13-20(28-22(26)23(8,9)10)18(7)21(25)24(19,11)12/h14-17H,13H2,1-12H3/b19-14+. The number of allylic oxidation sites excluding steroid dienone is 2. The van der Waals surface area contributed by atoms with Crippen molar-refractivity contribution in [2.45, 2.75) is 106 Å². The first-order valence-electron chi connectivity index (χ1n) is 10.8. The zero-order valence-electron chi connectivity index (χ0n) is 20.6. The SMILES string of the molecule is CC1=C(OC(=O)C(C)(C)C)C/C(=C\O[Si](C(C)C)(C(C)C)C(C)C)C(C)(C)C1=O. The van der Waals surface area contributed by atoms with Crippen LogP contribution in [0.15, 0.2) is 23.2 Å². The molecule has 1 rings (SSSR count). The lowest BCUT2D eigenvalue weighted by Crippen LogP contribution is -2.46. The third-order valence-corrected chi connectivity index (χ3v) is 12.4. The quantitative estimate of drug-likeness (QED) is 0.265. The average molecular weight is 423 g/mol. The molecule has 0 saturated heterocycles. The normalized spacial score (nSPS) is 19.6. The van der Waals surface area contributed by atoms with Gasteiger partial charge in [-0.05, 0) is 63.7 Å². The summed E-state index contributed by atoms with van der Waals surface area (Å²) in [5.74, 6) is 0.117. The summed E-state index contributed by atoms with van der Waals surface area (Å²) in [6.45, 7) is 24.5. The molecule has 0 heterocycles. The lowest BCUT2D eigenvalue weighted by Gasteiger charge is -2.42. The highest BCUT2D eigenvalue weighted by atomic mass is 28.4. The second-order valence-electron chi connectivity index (χ2n) is 10.9. The molecule has 0 aromatic carbocycles. The molecule has 0 spiro atoms. The molecule has 0 unspecified atom stereocenters. The molecular formula is C24H42O4Si. The topological polar surface area (TPSA) is 52.6 Å². The van der Waals surface area contributed by atoms with Gasteiger partial charge in [-0.25, -0.2) is 0 Å². The van der Waals surface area contributed by atoms with Crippen molar-refractivity contribution in [1.82, 2.24) is 0 Å². The Bertz CT molecular complexity index is 681. The van der Waals surface area contributed by atoms with Gasteiger partial charge in [-0.2, -0.15) is 0 Å². The van der Waals surface area contributed by atoms with Crippen LogP contribution in [0.1, 0.15) is 89.5 Å². The van der Waals surface area contributed by atoms with Gasteiger partial charge < -0.3 is 9.16 Å². The summed E-state index contributed by atoms with van der Waals surface area (Å²) in [5, 5.41) is 0. The van der Waals surface area contributed by atoms with Crippen molar-refractivity contribution in [2.24, 2.45) is 10.8 Å². The van der Waals surface area contributed by atoms with E-state index in [0.717, 1.165) is 5.57 Å². The summed E-state index contributed by atoms with van der Waals surface area (Å²) in [6, 6.07) is 0. The number of Topliss-reactive ketones (excluding diaryl/α,β-unsaturated/α-hetero) is 1. The molecule has 0 fully saturated rings. The first-order chi connectivity index (χ1) is 13.0. The summed E-state index contributed by atoms with van der Waals surface area (Å²) >= 11 is 0. The highest BCUT2D eigenvalue weighted by Crippen LogP contribution is 2.45. The number of carbonyl (C=O) groups excluding carboxylic acids is 2. The predicted octanol–water partition coefficient (Wildman–Crippen LogP) is 6.92. The Morgan fingerprint density at radius 2 is 1.48 bits per heavy atom. The van der Waals surface area contributed by atoms with E-state index in [0.29, 0.717) is 34.4 Å². The number of esters is 1. The van der Waals surface area contributed by atoms with Crippen molar-refractivity contribution >= 4 is 20.1 Å². The summed E-state index contributed by atoms with van der Waals surface area (Å²) in [5.41, 5.74) is 1.44. The van der Waals surface area contributed by atoms with Gasteiger partial charge in [-0.3, -0.25) is 9.59 Å². The van der Waals surface area contributed by atoms with Crippen LogP contribution >= 0.6 is 0 Å². The summed E-state index contributed by atoms with van der Waals surface area (Å²) in [4.78, 5) is 25.5. The Morgan fingerprint density at radius 1 is 1.03 bits per heavy atom. The third kappa shape index (κ3) is 5.04. The molecule has 0 N–H and O–H groups in total. The molecule has 166 valence electrons. The zero-order valence-corrected chi connectivity index (χ0v) is 21.6. The van der Waals surface area contributed by atoms with E-state index in [2.05, 4.69) is 41.5 Å². The van der Waals surface area contributed by atoms with Crippen LogP contribution in [0, 0.1) is 10.8 Å². The van der Waals surface area contributed by atoms with Crippen molar-refractivity contribution in [3.05, 3.63) is 23.2 Å². The molecule has 0 aliphatic heterocycles. The maximum absolute atomic E-state index is 13.1. The van der Waals surface area contributed by atoms with Crippen LogP contribution in [0.4, 0.5) is 0 Å². The fourth-order valence-electron chi connectivity index (χ4n) is 4.42. The lowest BCUT2D eigenvalue weighted by molar-refractivity contribution is -0.149. The Balaban J connectivity index is 3.37. The molecule has 29 heavy (non-hydrogen) atoms. The minimum atomic E-state index is -2.11. The minimum absolute atomic E-state index is 0.0128. The van der Waals surface area contributed by atoms with Crippen LogP contribution < -0.4 is 0 Å². The van der Waals surface area contributed by atoms with E-state index >= 15 is 0 Å². The Kier molecular flexibility index (Phi) is 7.78. The molecule has 0 bridgehead atoms. The molecule has 0 saturated carbocycles. The lowest BCUT2D eigenvalue weighted by atomic mass is 9.72. The summed E-state index contributed by atoms with van der Waals surface area (Å²) in [6.07, 6.45) is 2.26. The molecule has 0 aromatic rings. The van der Waals surface area contributed by atoms with Gasteiger partial charge >= 0.3 is 5.97 Å². The van der Waals surface area contributed by atoms with E-state index in [1.165, 1.54) is 0 Å². The Morgan fingerprint density at radius 3 is 1.86 bits per heavy atom. The van der Waals surface area contributed by atoms with Crippen molar-refractivity contribution in [3.63, 3.8) is 0 Å². The second-order valence-corrected chi connectivity index (χ2v) is 16.3. The molecule has 0 atom stereocenters. The van der Waals surface area contributed by atoms with Gasteiger partial charge in [0.05, 0.1) is 17.1 Å². The van der Waals surface area contributed by atoms with Gasteiger partial charge in [0.15, 0.2) is 5.78 Å². The van der Waals surface area contributed by atoms with E-state index in [9.17, 15) is 9.59 Å². The highest BCUT2D eigenvalue weighted by molar-refractivity contribution is 6.77. The number of rotatable bonds is 6. The highest BCUT2D eigenvalue weighted by Gasteiger charge is 2.47. The van der Waals surface area contributed by atoms with Crippen LogP contribution in [-0.2, 0) is 18.8 Å². The molecular weight excluding hydrogens is 380 g/mol. The predicted molar refractivity (Wildman–Crippen MR) is 122 cm³/mol. The first kappa shape index (κ1) is 25.7. The van der Waals surface area contributed by atoms with E-state index < -0.39 is 19.1 Å². The molecule has 4 nitrogen and oxygen atoms in total. The van der Waals surface area contributed by atoms with Crippen LogP contribution in [0.25, 0.3) is 0 Å². The largest absolute Gasteiger partial charge is 0.548 e. The molecule has 0 radical (unpaired) electrons. The van der Waals surface area contributed by atoms with E-state index in [1.54, 1.807) is 6.92 Å². The van der Waals surface area contributed by atoms with Crippen molar-refractivity contribution in [3.8, 4) is 0 Å². The van der Waals surface area contributed by atoms with Crippen molar-refractivity contribution in [2.75, 3.05) is 0 Å². The fraction of sp³-hybridized carbons (Fsp3) is 0.750. The summed E-state index contributed by atoms with van der Waals surface area (Å²) in [7, 11) is -2.11. The van der Waals surface area contributed by atoms with Crippen LogP contribution in [0.2, 0.25) is 16.6 Å². The number of carbonyl (C=O) groups is 2.